The molecule has 0 radical (unpaired) electrons. The van der Waals surface area contributed by atoms with Crippen molar-refractivity contribution in [1.82, 2.24) is 15.2 Å². The summed E-state index contributed by atoms with van der Waals surface area (Å²) in [5.74, 6) is 0.832. The molecule has 27 heavy (non-hydrogen) atoms. The van der Waals surface area contributed by atoms with Crippen molar-refractivity contribution in [2.75, 3.05) is 33.3 Å². The number of likely N-dealkylation sites (tertiary alicyclic amines) is 1. The number of hydrogen-bond acceptors (Lipinski definition) is 5. The first-order valence-electron chi connectivity index (χ1n) is 9.41. The Bertz CT molecular complexity index is 824. The van der Waals surface area contributed by atoms with Gasteiger partial charge in [-0.05, 0) is 43.1 Å². The van der Waals surface area contributed by atoms with Crippen molar-refractivity contribution in [3.63, 3.8) is 0 Å². The van der Waals surface area contributed by atoms with Crippen LogP contribution in [0.15, 0.2) is 42.7 Å². The van der Waals surface area contributed by atoms with Crippen LogP contribution in [-0.4, -0.2) is 59.8 Å². The zero-order chi connectivity index (χ0) is 18.9. The van der Waals surface area contributed by atoms with E-state index in [0.717, 1.165) is 30.6 Å². The van der Waals surface area contributed by atoms with Gasteiger partial charge in [0, 0.05) is 42.9 Å². The van der Waals surface area contributed by atoms with Crippen LogP contribution in [0.4, 0.5) is 0 Å². The predicted octanol–water partition coefficient (Wildman–Crippen LogP) is 1.94. The van der Waals surface area contributed by atoms with Gasteiger partial charge >= 0.3 is 0 Å². The molecule has 4 rings (SSSR count). The van der Waals surface area contributed by atoms with Crippen LogP contribution in [0.25, 0.3) is 11.1 Å². The molecule has 1 aromatic heterocycles. The Labute approximate surface area is 159 Å². The van der Waals surface area contributed by atoms with Crippen LogP contribution in [0, 0.1) is 5.92 Å². The van der Waals surface area contributed by atoms with Crippen molar-refractivity contribution < 1.29 is 14.6 Å². The zero-order valence-electron chi connectivity index (χ0n) is 15.5. The summed E-state index contributed by atoms with van der Waals surface area (Å²) in [5.41, 5.74) is 1.99. The number of carbonyl (C=O) groups is 1. The molecule has 6 heteroatoms. The summed E-state index contributed by atoms with van der Waals surface area (Å²) in [4.78, 5) is 19.0. The molecule has 142 valence electrons. The number of ether oxygens (including phenoxy) is 1. The highest BCUT2D eigenvalue weighted by Crippen LogP contribution is 2.33. The first kappa shape index (κ1) is 17.9. The number of nitrogens with one attached hydrogen (secondary N) is 1. The number of benzene rings is 1. The van der Waals surface area contributed by atoms with Crippen LogP contribution < -0.4 is 10.1 Å². The fourth-order valence-corrected chi connectivity index (χ4v) is 4.09. The second-order valence-electron chi connectivity index (χ2n) is 7.45. The van der Waals surface area contributed by atoms with Crippen molar-refractivity contribution in [1.29, 1.82) is 0 Å². The molecule has 3 heterocycles. The molecular weight excluding hydrogens is 342 g/mol. The van der Waals surface area contributed by atoms with E-state index >= 15 is 0 Å². The highest BCUT2D eigenvalue weighted by molar-refractivity contribution is 5.94. The maximum Gasteiger partial charge on any atom is 0.253 e. The number of nitrogens with zero attached hydrogens (tertiary/aromatic N) is 2. The molecule has 2 fully saturated rings. The van der Waals surface area contributed by atoms with E-state index in [2.05, 4.69) is 10.3 Å². The summed E-state index contributed by atoms with van der Waals surface area (Å²) >= 11 is 0. The number of aromatic nitrogens is 1. The van der Waals surface area contributed by atoms with E-state index in [4.69, 9.17) is 4.74 Å². The SMILES string of the molecule is COc1cncc(-c2ccc(C(=O)N3CC[C@@]4(O)CCNC[C@H]4C3)cc2)c1. The maximum atomic E-state index is 12.9. The minimum absolute atomic E-state index is 0.0259. The van der Waals surface area contributed by atoms with Gasteiger partial charge in [0.1, 0.15) is 5.75 Å². The number of piperidine rings is 2. The van der Waals surface area contributed by atoms with Crippen LogP contribution in [-0.2, 0) is 0 Å². The van der Waals surface area contributed by atoms with E-state index in [1.165, 1.54) is 0 Å². The number of rotatable bonds is 3. The van der Waals surface area contributed by atoms with E-state index in [9.17, 15) is 9.90 Å². The van der Waals surface area contributed by atoms with Gasteiger partial charge in [0.2, 0.25) is 0 Å². The van der Waals surface area contributed by atoms with Crippen LogP contribution in [0.5, 0.6) is 5.75 Å². The third-order valence-corrected chi connectivity index (χ3v) is 5.84. The summed E-state index contributed by atoms with van der Waals surface area (Å²) in [7, 11) is 1.62. The Balaban J connectivity index is 1.48. The Kier molecular flexibility index (Phi) is 4.85. The average molecular weight is 367 g/mol. The van der Waals surface area contributed by atoms with Crippen molar-refractivity contribution in [3.8, 4) is 16.9 Å². The molecule has 1 amide bonds. The van der Waals surface area contributed by atoms with Gasteiger partial charge in [-0.2, -0.15) is 0 Å². The number of methoxy groups -OCH3 is 1. The molecule has 2 N–H and O–H groups in total. The van der Waals surface area contributed by atoms with Crippen molar-refractivity contribution in [2.24, 2.45) is 5.92 Å². The lowest BCUT2D eigenvalue weighted by Crippen LogP contribution is -2.59. The number of fused-ring (bicyclic) bond motifs is 1. The standard InChI is InChI=1S/C21H25N3O3/c1-27-19-10-17(11-23-13-19)15-2-4-16(5-3-15)20(25)24-9-7-21(26)6-8-22-12-18(21)14-24/h2-5,10-11,13,18,22,26H,6-9,12,14H2,1H3/t18-,21-/m0/s1. The molecule has 2 saturated heterocycles. The van der Waals surface area contributed by atoms with E-state index in [-0.39, 0.29) is 11.8 Å². The number of amides is 1. The van der Waals surface area contributed by atoms with Gasteiger partial charge in [-0.25, -0.2) is 0 Å². The largest absolute Gasteiger partial charge is 0.495 e. The lowest BCUT2D eigenvalue weighted by Gasteiger charge is -2.47. The maximum absolute atomic E-state index is 12.9. The van der Waals surface area contributed by atoms with Gasteiger partial charge in [0.25, 0.3) is 5.91 Å². The summed E-state index contributed by atoms with van der Waals surface area (Å²) in [6.07, 6.45) is 4.86. The van der Waals surface area contributed by atoms with Gasteiger partial charge in [0.15, 0.2) is 0 Å². The van der Waals surface area contributed by atoms with Crippen molar-refractivity contribution in [3.05, 3.63) is 48.3 Å². The van der Waals surface area contributed by atoms with Crippen molar-refractivity contribution in [2.45, 2.75) is 18.4 Å². The van der Waals surface area contributed by atoms with Crippen molar-refractivity contribution >= 4 is 5.91 Å². The van der Waals surface area contributed by atoms with Gasteiger partial charge in [-0.1, -0.05) is 12.1 Å². The van der Waals surface area contributed by atoms with Gasteiger partial charge < -0.3 is 20.1 Å². The molecule has 2 aromatic rings. The van der Waals surface area contributed by atoms with Gasteiger partial charge in [0.05, 0.1) is 18.9 Å². The van der Waals surface area contributed by atoms with Gasteiger partial charge in [-0.15, -0.1) is 0 Å². The lowest BCUT2D eigenvalue weighted by molar-refractivity contribution is -0.0817. The third-order valence-electron chi connectivity index (χ3n) is 5.84. The number of carbonyl (C=O) groups excluding carboxylic acids is 1. The van der Waals surface area contributed by atoms with E-state index in [1.54, 1.807) is 19.5 Å². The minimum atomic E-state index is -0.620. The van der Waals surface area contributed by atoms with E-state index < -0.39 is 5.60 Å². The van der Waals surface area contributed by atoms with Crippen LogP contribution >= 0.6 is 0 Å². The zero-order valence-corrected chi connectivity index (χ0v) is 15.5. The molecular formula is C21H25N3O3. The highest BCUT2D eigenvalue weighted by atomic mass is 16.5. The molecule has 0 bridgehead atoms. The minimum Gasteiger partial charge on any atom is -0.495 e. The highest BCUT2D eigenvalue weighted by Gasteiger charge is 2.43. The Hall–Kier alpha value is -2.44. The normalized spacial score (nSPS) is 25.0. The summed E-state index contributed by atoms with van der Waals surface area (Å²) in [6, 6.07) is 9.51. The third kappa shape index (κ3) is 3.55. The number of hydrogen-bond donors (Lipinski definition) is 2. The van der Waals surface area contributed by atoms with Crippen LogP contribution in [0.3, 0.4) is 0 Å². The smallest absolute Gasteiger partial charge is 0.253 e. The Morgan fingerprint density at radius 3 is 2.85 bits per heavy atom. The first-order valence-corrected chi connectivity index (χ1v) is 9.41. The quantitative estimate of drug-likeness (QED) is 0.867. The Morgan fingerprint density at radius 1 is 1.26 bits per heavy atom. The molecule has 6 nitrogen and oxygen atoms in total. The second kappa shape index (κ2) is 7.29. The monoisotopic (exact) mass is 367 g/mol. The summed E-state index contributed by atoms with van der Waals surface area (Å²) < 4.78 is 5.22. The molecule has 0 unspecified atom stereocenters. The van der Waals surface area contributed by atoms with E-state index in [1.807, 2.05) is 35.2 Å². The fourth-order valence-electron chi connectivity index (χ4n) is 4.09. The van der Waals surface area contributed by atoms with Crippen LogP contribution in [0.1, 0.15) is 23.2 Å². The van der Waals surface area contributed by atoms with Gasteiger partial charge in [-0.3, -0.25) is 9.78 Å². The number of aliphatic hydroxyl groups is 1. The molecule has 2 atom stereocenters. The second-order valence-corrected chi connectivity index (χ2v) is 7.45. The van der Waals surface area contributed by atoms with Crippen LogP contribution in [0.2, 0.25) is 0 Å². The summed E-state index contributed by atoms with van der Waals surface area (Å²) in [6.45, 7) is 2.82. The molecule has 1 aromatic carbocycles. The average Bonchev–Trinajstić information content (AvgIpc) is 2.72. The molecule has 2 aliphatic rings. The predicted molar refractivity (Wildman–Crippen MR) is 103 cm³/mol. The molecule has 0 saturated carbocycles. The van der Waals surface area contributed by atoms with E-state index in [0.29, 0.717) is 30.8 Å². The molecule has 0 spiro atoms. The topological polar surface area (TPSA) is 74.7 Å². The Morgan fingerprint density at radius 2 is 2.07 bits per heavy atom. The summed E-state index contributed by atoms with van der Waals surface area (Å²) in [5, 5.41) is 14.1. The first-order chi connectivity index (χ1) is 13.1. The lowest BCUT2D eigenvalue weighted by atomic mass is 9.76. The molecule has 0 aliphatic carbocycles. The fraction of sp³-hybridized carbons (Fsp3) is 0.429. The molecule has 2 aliphatic heterocycles. The number of pyridine rings is 1.